The highest BCUT2D eigenvalue weighted by molar-refractivity contribution is 6.30. The van der Waals surface area contributed by atoms with Gasteiger partial charge in [0.15, 0.2) is 0 Å². The fourth-order valence-electron chi connectivity index (χ4n) is 1.79. The van der Waals surface area contributed by atoms with Crippen molar-refractivity contribution in [3.05, 3.63) is 34.9 Å². The van der Waals surface area contributed by atoms with Crippen LogP contribution in [0.2, 0.25) is 5.02 Å². The molecule has 0 N–H and O–H groups in total. The first-order chi connectivity index (χ1) is 8.54. The number of nitriles is 1. The summed E-state index contributed by atoms with van der Waals surface area (Å²) in [6.45, 7) is 3.87. The van der Waals surface area contributed by atoms with E-state index in [0.717, 1.165) is 5.56 Å². The molecule has 0 aromatic heterocycles. The number of carbonyl (C=O) groups is 1. The molecule has 1 unspecified atom stereocenters. The number of nitrogens with zero attached hydrogens (tertiary/aromatic N) is 1. The number of esters is 1. The fraction of sp³-hybridized carbons (Fsp3) is 0.429. The van der Waals surface area contributed by atoms with Crippen molar-refractivity contribution in [3.8, 4) is 6.07 Å². The molecule has 4 heteroatoms. The van der Waals surface area contributed by atoms with Crippen molar-refractivity contribution < 1.29 is 9.53 Å². The van der Waals surface area contributed by atoms with E-state index in [-0.39, 0.29) is 5.97 Å². The molecule has 1 aromatic rings. The minimum absolute atomic E-state index is 0.293. The number of benzene rings is 1. The van der Waals surface area contributed by atoms with Gasteiger partial charge in [0, 0.05) is 11.4 Å². The van der Waals surface area contributed by atoms with Gasteiger partial charge in [-0.3, -0.25) is 4.79 Å². The van der Waals surface area contributed by atoms with Crippen LogP contribution < -0.4 is 0 Å². The number of ether oxygens (including phenoxy) is 1. The Balaban J connectivity index is 3.11. The number of hydrogen-bond donors (Lipinski definition) is 0. The Kier molecular flexibility index (Phi) is 5.18. The smallest absolute Gasteiger partial charge is 0.316 e. The second kappa shape index (κ2) is 6.42. The molecule has 0 spiro atoms. The molecule has 0 fully saturated rings. The summed E-state index contributed by atoms with van der Waals surface area (Å²) < 4.78 is 5.11. The zero-order valence-electron chi connectivity index (χ0n) is 10.6. The summed E-state index contributed by atoms with van der Waals surface area (Å²) in [7, 11) is 0. The third-order valence-electron chi connectivity index (χ3n) is 2.92. The lowest BCUT2D eigenvalue weighted by Gasteiger charge is -2.27. The Morgan fingerprint density at radius 3 is 2.83 bits per heavy atom. The zero-order valence-corrected chi connectivity index (χ0v) is 11.3. The van der Waals surface area contributed by atoms with E-state index in [1.807, 2.05) is 6.07 Å². The predicted octanol–water partition coefficient (Wildman–Crippen LogP) is 3.46. The average molecular weight is 266 g/mol. The van der Waals surface area contributed by atoms with Crippen molar-refractivity contribution in [1.29, 1.82) is 5.26 Å². The summed E-state index contributed by atoms with van der Waals surface area (Å²) in [5.74, 6) is -0.317. The fourth-order valence-corrected chi connectivity index (χ4v) is 1.98. The SMILES string of the molecule is CCOC(=O)C(C)(CCC#N)c1cccc(Cl)c1. The molecule has 0 aliphatic carbocycles. The molecule has 3 nitrogen and oxygen atoms in total. The first-order valence-corrected chi connectivity index (χ1v) is 6.22. The minimum Gasteiger partial charge on any atom is -0.465 e. The molecule has 1 rings (SSSR count). The van der Waals surface area contributed by atoms with Gasteiger partial charge < -0.3 is 4.74 Å². The maximum atomic E-state index is 12.1. The molecule has 96 valence electrons. The lowest BCUT2D eigenvalue weighted by atomic mass is 9.78. The van der Waals surface area contributed by atoms with Crippen molar-refractivity contribution in [2.75, 3.05) is 6.61 Å². The summed E-state index contributed by atoms with van der Waals surface area (Å²) in [4.78, 5) is 12.1. The van der Waals surface area contributed by atoms with E-state index in [4.69, 9.17) is 21.6 Å². The molecule has 0 heterocycles. The van der Waals surface area contributed by atoms with Crippen LogP contribution in [0.3, 0.4) is 0 Å². The van der Waals surface area contributed by atoms with Crippen LogP contribution in [0.5, 0.6) is 0 Å². The Bertz CT molecular complexity index is 467. The molecule has 0 aliphatic rings. The largest absolute Gasteiger partial charge is 0.465 e. The van der Waals surface area contributed by atoms with Gasteiger partial charge in [0.2, 0.25) is 0 Å². The molecule has 0 saturated carbocycles. The van der Waals surface area contributed by atoms with E-state index < -0.39 is 5.41 Å². The molecule has 1 aromatic carbocycles. The maximum Gasteiger partial charge on any atom is 0.316 e. The van der Waals surface area contributed by atoms with Crippen LogP contribution in [0.25, 0.3) is 0 Å². The van der Waals surface area contributed by atoms with E-state index in [1.54, 1.807) is 32.0 Å². The van der Waals surface area contributed by atoms with Crippen LogP contribution >= 0.6 is 11.6 Å². The lowest BCUT2D eigenvalue weighted by Crippen LogP contribution is -2.34. The standard InChI is InChI=1S/C14H16ClNO2/c1-3-18-13(17)14(2,8-5-9-16)11-6-4-7-12(15)10-11/h4,6-7,10H,3,5,8H2,1-2H3. The number of halogens is 1. The van der Waals surface area contributed by atoms with Crippen LogP contribution in [0.4, 0.5) is 0 Å². The van der Waals surface area contributed by atoms with E-state index in [0.29, 0.717) is 24.5 Å². The summed E-state index contributed by atoms with van der Waals surface area (Å²) in [6, 6.07) is 9.19. The monoisotopic (exact) mass is 265 g/mol. The lowest BCUT2D eigenvalue weighted by molar-refractivity contribution is -0.149. The van der Waals surface area contributed by atoms with Gasteiger partial charge in [-0.1, -0.05) is 23.7 Å². The topological polar surface area (TPSA) is 50.1 Å². The zero-order chi connectivity index (χ0) is 13.6. The van der Waals surface area contributed by atoms with Gasteiger partial charge in [0.05, 0.1) is 18.1 Å². The Morgan fingerprint density at radius 1 is 1.56 bits per heavy atom. The average Bonchev–Trinajstić information content (AvgIpc) is 2.36. The normalized spacial score (nSPS) is 13.4. The highest BCUT2D eigenvalue weighted by atomic mass is 35.5. The summed E-state index contributed by atoms with van der Waals surface area (Å²) in [5, 5.41) is 9.28. The summed E-state index contributed by atoms with van der Waals surface area (Å²) >= 11 is 5.95. The highest BCUT2D eigenvalue weighted by Crippen LogP contribution is 2.32. The van der Waals surface area contributed by atoms with Crippen LogP contribution in [-0.2, 0) is 14.9 Å². The predicted molar refractivity (Wildman–Crippen MR) is 70.3 cm³/mol. The molecular formula is C14H16ClNO2. The second-order valence-corrected chi connectivity index (χ2v) is 4.66. The van der Waals surface area contributed by atoms with Crippen molar-refractivity contribution in [3.63, 3.8) is 0 Å². The van der Waals surface area contributed by atoms with Gasteiger partial charge in [0.1, 0.15) is 0 Å². The quantitative estimate of drug-likeness (QED) is 0.766. The van der Waals surface area contributed by atoms with Crippen molar-refractivity contribution >= 4 is 17.6 Å². The van der Waals surface area contributed by atoms with Crippen molar-refractivity contribution in [2.45, 2.75) is 32.1 Å². The number of rotatable bonds is 5. The molecule has 0 radical (unpaired) electrons. The third kappa shape index (κ3) is 3.24. The van der Waals surface area contributed by atoms with Crippen LogP contribution in [0.15, 0.2) is 24.3 Å². The third-order valence-corrected chi connectivity index (χ3v) is 3.16. The van der Waals surface area contributed by atoms with Gasteiger partial charge >= 0.3 is 5.97 Å². The molecule has 0 bridgehead atoms. The summed E-state index contributed by atoms with van der Waals surface area (Å²) in [5.41, 5.74) is -0.0416. The van der Waals surface area contributed by atoms with Gasteiger partial charge in [-0.25, -0.2) is 0 Å². The van der Waals surface area contributed by atoms with Gasteiger partial charge in [-0.2, -0.15) is 5.26 Å². The van der Waals surface area contributed by atoms with E-state index in [9.17, 15) is 4.79 Å². The summed E-state index contributed by atoms with van der Waals surface area (Å²) in [6.07, 6.45) is 0.713. The number of hydrogen-bond acceptors (Lipinski definition) is 3. The number of carbonyl (C=O) groups excluding carboxylic acids is 1. The first-order valence-electron chi connectivity index (χ1n) is 5.85. The van der Waals surface area contributed by atoms with Crippen LogP contribution in [-0.4, -0.2) is 12.6 Å². The van der Waals surface area contributed by atoms with E-state index in [1.165, 1.54) is 0 Å². The highest BCUT2D eigenvalue weighted by Gasteiger charge is 2.36. The van der Waals surface area contributed by atoms with E-state index in [2.05, 4.69) is 6.07 Å². The Hall–Kier alpha value is -1.53. The molecule has 18 heavy (non-hydrogen) atoms. The maximum absolute atomic E-state index is 12.1. The molecule has 1 atom stereocenters. The Labute approximate surface area is 112 Å². The molecule has 0 saturated heterocycles. The molecular weight excluding hydrogens is 250 g/mol. The Morgan fingerprint density at radius 2 is 2.28 bits per heavy atom. The molecule has 0 aliphatic heterocycles. The first kappa shape index (κ1) is 14.5. The van der Waals surface area contributed by atoms with Gasteiger partial charge in [-0.05, 0) is 38.0 Å². The van der Waals surface area contributed by atoms with Crippen molar-refractivity contribution in [2.24, 2.45) is 0 Å². The minimum atomic E-state index is -0.823. The van der Waals surface area contributed by atoms with E-state index >= 15 is 0 Å². The van der Waals surface area contributed by atoms with Crippen LogP contribution in [0.1, 0.15) is 32.3 Å². The molecule has 0 amide bonds. The van der Waals surface area contributed by atoms with Crippen LogP contribution in [0, 0.1) is 11.3 Å². The van der Waals surface area contributed by atoms with Crippen molar-refractivity contribution in [1.82, 2.24) is 0 Å². The second-order valence-electron chi connectivity index (χ2n) is 4.22. The van der Waals surface area contributed by atoms with Gasteiger partial charge in [0.25, 0.3) is 0 Å². The van der Waals surface area contributed by atoms with Gasteiger partial charge in [-0.15, -0.1) is 0 Å².